The summed E-state index contributed by atoms with van der Waals surface area (Å²) in [5.74, 6) is -1.10. The zero-order valence-corrected chi connectivity index (χ0v) is 15.6. The number of benzene rings is 2. The van der Waals surface area contributed by atoms with Crippen molar-refractivity contribution in [1.29, 1.82) is 0 Å². The van der Waals surface area contributed by atoms with Crippen molar-refractivity contribution >= 4 is 49.1 Å². The lowest BCUT2D eigenvalue weighted by Gasteiger charge is -2.07. The minimum absolute atomic E-state index is 0.0268. The van der Waals surface area contributed by atoms with Gasteiger partial charge in [-0.05, 0) is 22.9 Å². The van der Waals surface area contributed by atoms with Crippen molar-refractivity contribution in [1.82, 2.24) is 9.71 Å². The Kier molecular flexibility index (Phi) is 5.49. The van der Waals surface area contributed by atoms with Gasteiger partial charge in [-0.15, -0.1) is 11.3 Å². The molecule has 140 valence electrons. The minimum atomic E-state index is -3.84. The van der Waals surface area contributed by atoms with Crippen molar-refractivity contribution in [3.05, 3.63) is 53.5 Å². The number of nitrogens with one attached hydrogen (secondary N) is 2. The Hall–Kier alpha value is -2.82. The van der Waals surface area contributed by atoms with Crippen molar-refractivity contribution in [2.24, 2.45) is 5.73 Å². The van der Waals surface area contributed by atoms with Gasteiger partial charge in [-0.1, -0.05) is 30.3 Å². The number of carbonyl (C=O) groups excluding carboxylic acids is 2. The van der Waals surface area contributed by atoms with Gasteiger partial charge in [0, 0.05) is 5.38 Å². The van der Waals surface area contributed by atoms with Crippen LogP contribution in [0.3, 0.4) is 0 Å². The summed E-state index contributed by atoms with van der Waals surface area (Å²) in [5.41, 5.74) is 5.53. The van der Waals surface area contributed by atoms with E-state index in [1.807, 2.05) is 24.3 Å². The van der Waals surface area contributed by atoms with E-state index in [4.69, 9.17) is 5.73 Å². The number of sulfonamides is 1. The van der Waals surface area contributed by atoms with Gasteiger partial charge in [0.15, 0.2) is 5.13 Å². The molecule has 0 radical (unpaired) electrons. The van der Waals surface area contributed by atoms with Crippen LogP contribution in [-0.4, -0.2) is 31.8 Å². The molecule has 1 heterocycles. The van der Waals surface area contributed by atoms with Crippen molar-refractivity contribution < 1.29 is 18.0 Å². The molecule has 0 aliphatic rings. The minimum Gasteiger partial charge on any atom is -0.369 e. The van der Waals surface area contributed by atoms with E-state index in [1.54, 1.807) is 17.5 Å². The maximum atomic E-state index is 12.4. The van der Waals surface area contributed by atoms with Crippen LogP contribution in [0.5, 0.6) is 0 Å². The van der Waals surface area contributed by atoms with Crippen molar-refractivity contribution in [3.8, 4) is 0 Å². The maximum Gasteiger partial charge on any atom is 0.241 e. The Balaban J connectivity index is 1.62. The number of hydrogen-bond acceptors (Lipinski definition) is 6. The molecule has 0 saturated heterocycles. The number of nitrogens with two attached hydrogens (primary N) is 1. The first-order valence-electron chi connectivity index (χ1n) is 7.84. The first kappa shape index (κ1) is 19.0. The number of aromatic nitrogens is 1. The number of nitrogens with zero attached hydrogens (tertiary/aromatic N) is 1. The summed E-state index contributed by atoms with van der Waals surface area (Å²) in [5, 5.41) is 6.05. The van der Waals surface area contributed by atoms with E-state index in [2.05, 4.69) is 15.0 Å². The fourth-order valence-corrected chi connectivity index (χ4v) is 4.11. The van der Waals surface area contributed by atoms with Crippen LogP contribution in [-0.2, 0) is 26.0 Å². The van der Waals surface area contributed by atoms with Crippen LogP contribution in [0.25, 0.3) is 10.8 Å². The molecule has 0 saturated carbocycles. The van der Waals surface area contributed by atoms with Crippen molar-refractivity contribution in [2.45, 2.75) is 11.3 Å². The second kappa shape index (κ2) is 7.82. The molecule has 3 rings (SSSR count). The molecule has 10 heteroatoms. The van der Waals surface area contributed by atoms with Gasteiger partial charge in [-0.25, -0.2) is 18.1 Å². The third-order valence-corrected chi connectivity index (χ3v) is 5.81. The van der Waals surface area contributed by atoms with Gasteiger partial charge >= 0.3 is 0 Å². The van der Waals surface area contributed by atoms with E-state index >= 15 is 0 Å². The summed E-state index contributed by atoms with van der Waals surface area (Å²) < 4.78 is 27.1. The molecular formula is C17H16N4O4S2. The van der Waals surface area contributed by atoms with Crippen LogP contribution in [0.15, 0.2) is 52.7 Å². The Labute approximate surface area is 159 Å². The van der Waals surface area contributed by atoms with Gasteiger partial charge in [-0.2, -0.15) is 0 Å². The molecule has 0 spiro atoms. The van der Waals surface area contributed by atoms with Crippen LogP contribution < -0.4 is 15.8 Å². The average molecular weight is 404 g/mol. The van der Waals surface area contributed by atoms with E-state index < -0.39 is 28.4 Å². The van der Waals surface area contributed by atoms with E-state index in [-0.39, 0.29) is 16.4 Å². The normalized spacial score (nSPS) is 11.4. The number of thiazole rings is 1. The summed E-state index contributed by atoms with van der Waals surface area (Å²) in [6, 6.07) is 12.1. The largest absolute Gasteiger partial charge is 0.369 e. The van der Waals surface area contributed by atoms with Gasteiger partial charge in [0.2, 0.25) is 21.8 Å². The smallest absolute Gasteiger partial charge is 0.241 e. The number of carbonyl (C=O) groups is 2. The predicted octanol–water partition coefficient (Wildman–Crippen LogP) is 1.24. The second-order valence-corrected chi connectivity index (χ2v) is 8.29. The van der Waals surface area contributed by atoms with Crippen molar-refractivity contribution in [2.75, 3.05) is 11.9 Å². The first-order chi connectivity index (χ1) is 12.8. The van der Waals surface area contributed by atoms with E-state index in [1.165, 1.54) is 6.07 Å². The molecule has 8 nitrogen and oxygen atoms in total. The summed E-state index contributed by atoms with van der Waals surface area (Å²) in [7, 11) is -3.84. The molecule has 0 fully saturated rings. The molecule has 0 bridgehead atoms. The first-order valence-corrected chi connectivity index (χ1v) is 10.2. The zero-order valence-electron chi connectivity index (χ0n) is 14.0. The molecule has 0 atom stereocenters. The SMILES string of the molecule is NC(=O)Cc1csc(NC(=O)CNS(=O)(=O)c2ccc3ccccc3c2)n1. The summed E-state index contributed by atoms with van der Waals surface area (Å²) >= 11 is 1.12. The van der Waals surface area contributed by atoms with Crippen LogP contribution >= 0.6 is 11.3 Å². The Morgan fingerprint density at radius 2 is 1.85 bits per heavy atom. The standard InChI is InChI=1S/C17H16N4O4S2/c18-15(22)8-13-10-26-17(20-13)21-16(23)9-19-27(24,25)14-6-5-11-3-1-2-4-12(11)7-14/h1-7,10,19H,8-9H2,(H2,18,22)(H,20,21,23). The van der Waals surface area contributed by atoms with Crippen LogP contribution in [0, 0.1) is 0 Å². The Morgan fingerprint density at radius 1 is 1.11 bits per heavy atom. The monoisotopic (exact) mass is 404 g/mol. The van der Waals surface area contributed by atoms with Crippen molar-refractivity contribution in [3.63, 3.8) is 0 Å². The molecule has 0 aliphatic heterocycles. The highest BCUT2D eigenvalue weighted by Gasteiger charge is 2.16. The van der Waals surface area contributed by atoms with Gasteiger partial charge in [-0.3, -0.25) is 9.59 Å². The van der Waals surface area contributed by atoms with Gasteiger partial charge < -0.3 is 11.1 Å². The topological polar surface area (TPSA) is 131 Å². The molecule has 27 heavy (non-hydrogen) atoms. The molecule has 3 aromatic rings. The number of amides is 2. The van der Waals surface area contributed by atoms with Gasteiger partial charge in [0.05, 0.1) is 23.6 Å². The van der Waals surface area contributed by atoms with Crippen LogP contribution in [0.2, 0.25) is 0 Å². The zero-order chi connectivity index (χ0) is 19.4. The highest BCUT2D eigenvalue weighted by atomic mass is 32.2. The maximum absolute atomic E-state index is 12.4. The molecular weight excluding hydrogens is 388 g/mol. The fraction of sp³-hybridized carbons (Fsp3) is 0.118. The second-order valence-electron chi connectivity index (χ2n) is 5.67. The van der Waals surface area contributed by atoms with E-state index in [0.717, 1.165) is 22.1 Å². The Morgan fingerprint density at radius 3 is 2.59 bits per heavy atom. The van der Waals surface area contributed by atoms with Crippen LogP contribution in [0.4, 0.5) is 5.13 Å². The molecule has 2 amide bonds. The molecule has 4 N–H and O–H groups in total. The third kappa shape index (κ3) is 4.88. The highest BCUT2D eigenvalue weighted by Crippen LogP contribution is 2.19. The van der Waals surface area contributed by atoms with E-state index in [9.17, 15) is 18.0 Å². The Bertz CT molecular complexity index is 1110. The van der Waals surface area contributed by atoms with Gasteiger partial charge in [0.1, 0.15) is 0 Å². The van der Waals surface area contributed by atoms with Crippen LogP contribution in [0.1, 0.15) is 5.69 Å². The number of primary amides is 1. The number of rotatable bonds is 7. The predicted molar refractivity (Wildman–Crippen MR) is 103 cm³/mol. The van der Waals surface area contributed by atoms with Gasteiger partial charge in [0.25, 0.3) is 0 Å². The number of fused-ring (bicyclic) bond motifs is 1. The quantitative estimate of drug-likeness (QED) is 0.545. The molecule has 0 unspecified atom stereocenters. The summed E-state index contributed by atoms with van der Waals surface area (Å²) in [6.07, 6.45) is -0.0268. The number of anilines is 1. The highest BCUT2D eigenvalue weighted by molar-refractivity contribution is 7.89. The summed E-state index contributed by atoms with van der Waals surface area (Å²) in [6.45, 7) is -0.445. The lowest BCUT2D eigenvalue weighted by Crippen LogP contribution is -2.32. The summed E-state index contributed by atoms with van der Waals surface area (Å²) in [4.78, 5) is 26.9. The number of hydrogen-bond donors (Lipinski definition) is 3. The average Bonchev–Trinajstić information content (AvgIpc) is 3.05. The molecule has 2 aromatic carbocycles. The van der Waals surface area contributed by atoms with E-state index in [0.29, 0.717) is 5.69 Å². The lowest BCUT2D eigenvalue weighted by atomic mass is 10.1. The molecule has 0 aliphatic carbocycles. The molecule has 1 aromatic heterocycles. The lowest BCUT2D eigenvalue weighted by molar-refractivity contribution is -0.117. The fourth-order valence-electron chi connectivity index (χ4n) is 2.37. The third-order valence-electron chi connectivity index (χ3n) is 3.61.